The molecule has 0 atom stereocenters. The smallest absolute Gasteiger partial charge is 0.116 e. The van der Waals surface area contributed by atoms with E-state index in [9.17, 15) is 0 Å². The third-order valence-electron chi connectivity index (χ3n) is 1.85. The molecule has 1 nitrogen and oxygen atoms in total. The first-order valence-electron chi connectivity index (χ1n) is 3.48. The number of benzene rings is 1. The molecule has 11 heavy (non-hydrogen) atoms. The van der Waals surface area contributed by atoms with Crippen LogP contribution in [0.2, 0.25) is 0 Å². The largest absolute Gasteiger partial charge is 0.508 e. The van der Waals surface area contributed by atoms with E-state index in [2.05, 4.69) is 6.58 Å². The van der Waals surface area contributed by atoms with Gasteiger partial charge in [-0.25, -0.2) is 0 Å². The predicted octanol–water partition coefficient (Wildman–Crippen LogP) is 2.43. The molecule has 1 aliphatic carbocycles. The van der Waals surface area contributed by atoms with Crippen molar-refractivity contribution in [1.29, 1.82) is 0 Å². The molecule has 0 unspecified atom stereocenters. The highest BCUT2D eigenvalue weighted by atomic mass is 16.3. The van der Waals surface area contributed by atoms with E-state index in [0.29, 0.717) is 5.75 Å². The van der Waals surface area contributed by atoms with Crippen LogP contribution in [0.15, 0.2) is 30.9 Å². The number of allylic oxidation sites excluding steroid dienone is 2. The third kappa shape index (κ3) is 0.855. The second-order valence-corrected chi connectivity index (χ2v) is 2.63. The molecule has 0 aliphatic heterocycles. The van der Waals surface area contributed by atoms with Gasteiger partial charge < -0.3 is 5.11 Å². The van der Waals surface area contributed by atoms with Gasteiger partial charge in [0.15, 0.2) is 0 Å². The molecular formula is C10H8O. The Kier molecular flexibility index (Phi) is 1.13. The number of hydrogen-bond acceptors (Lipinski definition) is 1. The quantitative estimate of drug-likeness (QED) is 0.593. The second-order valence-electron chi connectivity index (χ2n) is 2.63. The topological polar surface area (TPSA) is 20.2 Å². The lowest BCUT2D eigenvalue weighted by Gasteiger charge is -1.98. The molecule has 0 radical (unpaired) electrons. The van der Waals surface area contributed by atoms with Crippen LogP contribution in [0.4, 0.5) is 0 Å². The Balaban J connectivity index is 2.66. The van der Waals surface area contributed by atoms with Crippen molar-refractivity contribution in [3.63, 3.8) is 0 Å². The molecule has 0 amide bonds. The minimum atomic E-state index is 0.308. The standard InChI is InChI=1S/C10H8O/c1-7-2-3-8-6-9(11)4-5-10(7)8/h2-6,11H,1H2. The summed E-state index contributed by atoms with van der Waals surface area (Å²) < 4.78 is 0. The fraction of sp³-hybridized carbons (Fsp3) is 0. The van der Waals surface area contributed by atoms with E-state index in [-0.39, 0.29) is 0 Å². The van der Waals surface area contributed by atoms with Gasteiger partial charge in [0.2, 0.25) is 0 Å². The van der Waals surface area contributed by atoms with E-state index >= 15 is 0 Å². The molecule has 54 valence electrons. The Hall–Kier alpha value is -1.50. The molecule has 0 bridgehead atoms. The minimum absolute atomic E-state index is 0.308. The SMILES string of the molecule is C=C1C=Cc2cc(O)ccc21. The van der Waals surface area contributed by atoms with E-state index in [4.69, 9.17) is 5.11 Å². The fourth-order valence-electron chi connectivity index (χ4n) is 1.26. The van der Waals surface area contributed by atoms with Gasteiger partial charge in [0.1, 0.15) is 5.75 Å². The molecule has 0 aromatic heterocycles. The normalized spacial score (nSPS) is 13.6. The molecule has 0 saturated carbocycles. The van der Waals surface area contributed by atoms with Gasteiger partial charge in [-0.2, -0.15) is 0 Å². The number of phenols is 1. The van der Waals surface area contributed by atoms with Crippen LogP contribution in [-0.4, -0.2) is 5.11 Å². The summed E-state index contributed by atoms with van der Waals surface area (Å²) in [6, 6.07) is 5.30. The number of rotatable bonds is 0. The summed E-state index contributed by atoms with van der Waals surface area (Å²) in [6.45, 7) is 3.86. The zero-order chi connectivity index (χ0) is 7.84. The van der Waals surface area contributed by atoms with Crippen LogP contribution in [0.25, 0.3) is 11.6 Å². The van der Waals surface area contributed by atoms with E-state index in [1.165, 1.54) is 0 Å². The molecule has 1 heteroatoms. The number of fused-ring (bicyclic) bond motifs is 1. The highest BCUT2D eigenvalue weighted by molar-refractivity contribution is 5.89. The molecule has 1 aliphatic rings. The highest BCUT2D eigenvalue weighted by Crippen LogP contribution is 2.29. The average Bonchev–Trinajstić information content (AvgIpc) is 2.32. The van der Waals surface area contributed by atoms with Crippen molar-refractivity contribution in [1.82, 2.24) is 0 Å². The van der Waals surface area contributed by atoms with Crippen LogP contribution >= 0.6 is 0 Å². The number of phenolic OH excluding ortho intramolecular Hbond substituents is 1. The Labute approximate surface area is 65.3 Å². The van der Waals surface area contributed by atoms with Crippen molar-refractivity contribution < 1.29 is 5.11 Å². The first-order valence-corrected chi connectivity index (χ1v) is 3.48. The molecular weight excluding hydrogens is 136 g/mol. The van der Waals surface area contributed by atoms with Gasteiger partial charge in [-0.15, -0.1) is 0 Å². The van der Waals surface area contributed by atoms with Gasteiger partial charge in [-0.1, -0.05) is 24.8 Å². The summed E-state index contributed by atoms with van der Waals surface area (Å²) in [5.41, 5.74) is 3.18. The first kappa shape index (κ1) is 6.23. The summed E-state index contributed by atoms with van der Waals surface area (Å²) >= 11 is 0. The lowest BCUT2D eigenvalue weighted by atomic mass is 10.1. The van der Waals surface area contributed by atoms with Gasteiger partial charge in [-0.3, -0.25) is 0 Å². The van der Waals surface area contributed by atoms with Crippen LogP contribution in [0.5, 0.6) is 5.75 Å². The zero-order valence-corrected chi connectivity index (χ0v) is 6.04. The maximum absolute atomic E-state index is 9.12. The molecule has 0 spiro atoms. The maximum Gasteiger partial charge on any atom is 0.116 e. The minimum Gasteiger partial charge on any atom is -0.508 e. The number of aromatic hydroxyl groups is 1. The first-order chi connectivity index (χ1) is 5.27. The van der Waals surface area contributed by atoms with Crippen LogP contribution < -0.4 is 0 Å². The van der Waals surface area contributed by atoms with Crippen molar-refractivity contribution in [2.45, 2.75) is 0 Å². The summed E-state index contributed by atoms with van der Waals surface area (Å²) in [6.07, 6.45) is 3.90. The monoisotopic (exact) mass is 144 g/mol. The lowest BCUT2D eigenvalue weighted by molar-refractivity contribution is 0.475. The van der Waals surface area contributed by atoms with Crippen LogP contribution in [0.1, 0.15) is 11.1 Å². The van der Waals surface area contributed by atoms with Crippen molar-refractivity contribution in [3.8, 4) is 5.75 Å². The van der Waals surface area contributed by atoms with Crippen molar-refractivity contribution >= 4 is 11.6 Å². The Morgan fingerprint density at radius 1 is 1.18 bits per heavy atom. The van der Waals surface area contributed by atoms with Gasteiger partial charge >= 0.3 is 0 Å². The Morgan fingerprint density at radius 2 is 2.00 bits per heavy atom. The maximum atomic E-state index is 9.12. The number of hydrogen-bond donors (Lipinski definition) is 1. The summed E-state index contributed by atoms with van der Waals surface area (Å²) in [5, 5.41) is 9.12. The highest BCUT2D eigenvalue weighted by Gasteiger charge is 2.07. The molecule has 0 fully saturated rings. The summed E-state index contributed by atoms with van der Waals surface area (Å²) in [7, 11) is 0. The van der Waals surface area contributed by atoms with Crippen molar-refractivity contribution in [2.75, 3.05) is 0 Å². The Bertz CT molecular complexity index is 348. The van der Waals surface area contributed by atoms with Crippen molar-refractivity contribution in [3.05, 3.63) is 42.0 Å². The van der Waals surface area contributed by atoms with Crippen LogP contribution in [-0.2, 0) is 0 Å². The van der Waals surface area contributed by atoms with Gasteiger partial charge in [-0.05, 0) is 28.8 Å². The molecule has 0 saturated heterocycles. The molecule has 1 aromatic rings. The fourth-order valence-corrected chi connectivity index (χ4v) is 1.26. The van der Waals surface area contributed by atoms with Gasteiger partial charge in [0, 0.05) is 0 Å². The lowest BCUT2D eigenvalue weighted by Crippen LogP contribution is -1.77. The van der Waals surface area contributed by atoms with Crippen LogP contribution in [0, 0.1) is 0 Å². The second kappa shape index (κ2) is 1.99. The zero-order valence-electron chi connectivity index (χ0n) is 6.04. The van der Waals surface area contributed by atoms with E-state index in [1.54, 1.807) is 12.1 Å². The third-order valence-corrected chi connectivity index (χ3v) is 1.85. The van der Waals surface area contributed by atoms with Gasteiger partial charge in [0.25, 0.3) is 0 Å². The van der Waals surface area contributed by atoms with E-state index in [1.807, 2.05) is 18.2 Å². The van der Waals surface area contributed by atoms with Gasteiger partial charge in [0.05, 0.1) is 0 Å². The Morgan fingerprint density at radius 3 is 2.82 bits per heavy atom. The van der Waals surface area contributed by atoms with E-state index < -0.39 is 0 Å². The molecule has 1 N–H and O–H groups in total. The summed E-state index contributed by atoms with van der Waals surface area (Å²) in [4.78, 5) is 0. The average molecular weight is 144 g/mol. The molecule has 0 heterocycles. The van der Waals surface area contributed by atoms with Crippen LogP contribution in [0.3, 0.4) is 0 Å². The predicted molar refractivity (Wildman–Crippen MR) is 46.2 cm³/mol. The molecule has 2 rings (SSSR count). The summed E-state index contributed by atoms with van der Waals surface area (Å²) in [5.74, 6) is 0.308. The molecule has 1 aromatic carbocycles. The van der Waals surface area contributed by atoms with E-state index in [0.717, 1.165) is 16.7 Å². The van der Waals surface area contributed by atoms with Crippen molar-refractivity contribution in [2.24, 2.45) is 0 Å².